The predicted octanol–water partition coefficient (Wildman–Crippen LogP) is -2.01. The second-order valence-corrected chi connectivity index (χ2v) is 4.41. The maximum absolute atomic E-state index is 10.8. The van der Waals surface area contributed by atoms with Crippen molar-refractivity contribution in [3.8, 4) is 0 Å². The second kappa shape index (κ2) is 3.81. The summed E-state index contributed by atoms with van der Waals surface area (Å²) in [6.45, 7) is 0. The fourth-order valence-electron chi connectivity index (χ4n) is 2.16. The Morgan fingerprint density at radius 3 is 2.79 bits per heavy atom. The number of ether oxygens (including phenoxy) is 1. The van der Waals surface area contributed by atoms with Crippen LogP contribution in [0.15, 0.2) is 12.5 Å². The number of hydrogen-bond acceptors (Lipinski definition) is 9. The molecule has 0 aromatic carbocycles. The molecule has 1 aromatic rings. The molecule has 0 spiro atoms. The van der Waals surface area contributed by atoms with Crippen LogP contribution in [0.1, 0.15) is 0 Å². The SMILES string of the molecule is O=[N+]([O-])c1cncnc1N[C@@H]1O[C@@H]2C(O)[C@]2(O)[C@H]1O. The molecule has 1 aromatic heterocycles. The molecule has 4 N–H and O–H groups in total. The molecule has 10 nitrogen and oxygen atoms in total. The lowest BCUT2D eigenvalue weighted by atomic mass is 10.1. The van der Waals surface area contributed by atoms with Crippen LogP contribution >= 0.6 is 0 Å². The van der Waals surface area contributed by atoms with Gasteiger partial charge in [0.25, 0.3) is 0 Å². The first kappa shape index (κ1) is 12.2. The molecule has 19 heavy (non-hydrogen) atoms. The van der Waals surface area contributed by atoms with Crippen molar-refractivity contribution >= 4 is 11.5 Å². The summed E-state index contributed by atoms with van der Waals surface area (Å²) in [5, 5.41) is 42.2. The summed E-state index contributed by atoms with van der Waals surface area (Å²) in [4.78, 5) is 17.3. The van der Waals surface area contributed by atoms with Crippen molar-refractivity contribution < 1.29 is 25.0 Å². The Labute approximate surface area is 105 Å². The molecule has 0 amide bonds. The van der Waals surface area contributed by atoms with Gasteiger partial charge < -0.3 is 25.4 Å². The van der Waals surface area contributed by atoms with Crippen molar-refractivity contribution in [1.82, 2.24) is 9.97 Å². The summed E-state index contributed by atoms with van der Waals surface area (Å²) >= 11 is 0. The van der Waals surface area contributed by atoms with Crippen molar-refractivity contribution in [3.05, 3.63) is 22.6 Å². The number of nitro groups is 1. The number of anilines is 1. The van der Waals surface area contributed by atoms with Gasteiger partial charge in [-0.3, -0.25) is 10.1 Å². The van der Waals surface area contributed by atoms with Crippen molar-refractivity contribution in [1.29, 1.82) is 0 Å². The minimum Gasteiger partial charge on any atom is -0.387 e. The zero-order chi connectivity index (χ0) is 13.8. The highest BCUT2D eigenvalue weighted by Gasteiger charge is 2.76. The standard InChI is InChI=1S/C9H10N4O6/c14-4-6-9(4,16)5(15)8(19-6)12-7-3(13(17)18)1-10-2-11-7/h1-2,4-6,8,14-16H,(H,10,11,12)/t4?,5-,6+,8+,9-/m0/s1. The summed E-state index contributed by atoms with van der Waals surface area (Å²) < 4.78 is 5.16. The Morgan fingerprint density at radius 1 is 1.47 bits per heavy atom. The molecule has 5 atom stereocenters. The number of aromatic nitrogens is 2. The fraction of sp³-hybridized carbons (Fsp3) is 0.556. The third kappa shape index (κ3) is 1.58. The zero-order valence-electron chi connectivity index (χ0n) is 9.37. The van der Waals surface area contributed by atoms with Crippen LogP contribution < -0.4 is 5.32 Å². The molecule has 3 rings (SSSR count). The molecular weight excluding hydrogens is 260 g/mol. The molecule has 2 fully saturated rings. The van der Waals surface area contributed by atoms with E-state index in [0.717, 1.165) is 12.5 Å². The molecular formula is C9H10N4O6. The molecule has 2 heterocycles. The highest BCUT2D eigenvalue weighted by molar-refractivity contribution is 5.54. The molecule has 1 unspecified atom stereocenters. The maximum atomic E-state index is 10.8. The van der Waals surface area contributed by atoms with Gasteiger partial charge in [-0.25, -0.2) is 9.97 Å². The van der Waals surface area contributed by atoms with Crippen LogP contribution in [-0.2, 0) is 4.74 Å². The second-order valence-electron chi connectivity index (χ2n) is 4.41. The number of rotatable bonds is 3. The summed E-state index contributed by atoms with van der Waals surface area (Å²) in [7, 11) is 0. The van der Waals surface area contributed by atoms with Crippen LogP contribution in [0.2, 0.25) is 0 Å². The molecule has 1 saturated heterocycles. The monoisotopic (exact) mass is 270 g/mol. The Kier molecular flexibility index (Phi) is 2.44. The number of nitrogens with zero attached hydrogens (tertiary/aromatic N) is 3. The average molecular weight is 270 g/mol. The smallest absolute Gasteiger partial charge is 0.329 e. The first-order chi connectivity index (χ1) is 8.96. The van der Waals surface area contributed by atoms with E-state index in [1.165, 1.54) is 0 Å². The van der Waals surface area contributed by atoms with Gasteiger partial charge in [0.1, 0.15) is 30.8 Å². The minimum absolute atomic E-state index is 0.136. The van der Waals surface area contributed by atoms with E-state index < -0.39 is 35.1 Å². The van der Waals surface area contributed by atoms with E-state index in [-0.39, 0.29) is 11.5 Å². The summed E-state index contributed by atoms with van der Waals surface area (Å²) in [6, 6.07) is 0. The largest absolute Gasteiger partial charge is 0.387 e. The molecule has 2 aliphatic rings. The number of aliphatic hydroxyl groups excluding tert-OH is 2. The Balaban J connectivity index is 1.79. The van der Waals surface area contributed by atoms with Crippen LogP contribution in [-0.4, -0.2) is 60.4 Å². The van der Waals surface area contributed by atoms with E-state index in [0.29, 0.717) is 0 Å². The van der Waals surface area contributed by atoms with Crippen LogP contribution in [0.3, 0.4) is 0 Å². The van der Waals surface area contributed by atoms with Gasteiger partial charge in [-0.1, -0.05) is 0 Å². The average Bonchev–Trinajstić information content (AvgIpc) is 2.79. The lowest BCUT2D eigenvalue weighted by molar-refractivity contribution is -0.384. The highest BCUT2D eigenvalue weighted by Crippen LogP contribution is 2.50. The van der Waals surface area contributed by atoms with E-state index in [4.69, 9.17) is 4.74 Å². The van der Waals surface area contributed by atoms with Crippen molar-refractivity contribution in [2.24, 2.45) is 0 Å². The lowest BCUT2D eigenvalue weighted by Crippen LogP contribution is -2.42. The molecule has 1 saturated carbocycles. The van der Waals surface area contributed by atoms with E-state index in [2.05, 4.69) is 15.3 Å². The summed E-state index contributed by atoms with van der Waals surface area (Å²) in [5.74, 6) is -0.136. The molecule has 0 radical (unpaired) electrons. The molecule has 102 valence electrons. The number of aliphatic hydroxyl groups is 3. The van der Waals surface area contributed by atoms with Gasteiger partial charge in [0, 0.05) is 0 Å². The number of fused-ring (bicyclic) bond motifs is 1. The minimum atomic E-state index is -1.72. The maximum Gasteiger partial charge on any atom is 0.329 e. The Morgan fingerprint density at radius 2 is 2.21 bits per heavy atom. The third-order valence-electron chi connectivity index (χ3n) is 3.33. The van der Waals surface area contributed by atoms with E-state index in [1.54, 1.807) is 0 Å². The van der Waals surface area contributed by atoms with E-state index in [1.807, 2.05) is 0 Å². The van der Waals surface area contributed by atoms with E-state index in [9.17, 15) is 25.4 Å². The van der Waals surface area contributed by atoms with Gasteiger partial charge in [-0.05, 0) is 0 Å². The molecule has 10 heteroatoms. The Bertz CT molecular complexity index is 541. The molecule has 1 aliphatic carbocycles. The van der Waals surface area contributed by atoms with Crippen LogP contribution in [0.4, 0.5) is 11.5 Å². The topological polar surface area (TPSA) is 151 Å². The summed E-state index contributed by atoms with van der Waals surface area (Å²) in [6.07, 6.45) is -2.46. The van der Waals surface area contributed by atoms with Crippen molar-refractivity contribution in [2.75, 3.05) is 5.32 Å². The first-order valence-electron chi connectivity index (χ1n) is 5.41. The van der Waals surface area contributed by atoms with Crippen LogP contribution in [0, 0.1) is 10.1 Å². The normalized spacial score (nSPS) is 39.7. The fourth-order valence-corrected chi connectivity index (χ4v) is 2.16. The van der Waals surface area contributed by atoms with Crippen molar-refractivity contribution in [3.63, 3.8) is 0 Å². The summed E-state index contributed by atoms with van der Waals surface area (Å²) in [5.41, 5.74) is -2.11. The van der Waals surface area contributed by atoms with Gasteiger partial charge >= 0.3 is 5.69 Å². The predicted molar refractivity (Wildman–Crippen MR) is 57.9 cm³/mol. The molecule has 0 bridgehead atoms. The lowest BCUT2D eigenvalue weighted by Gasteiger charge is -2.21. The number of nitrogens with one attached hydrogen (secondary N) is 1. The van der Waals surface area contributed by atoms with Crippen LogP contribution in [0.5, 0.6) is 0 Å². The first-order valence-corrected chi connectivity index (χ1v) is 5.41. The van der Waals surface area contributed by atoms with Gasteiger partial charge in [0.15, 0.2) is 11.8 Å². The van der Waals surface area contributed by atoms with E-state index >= 15 is 0 Å². The third-order valence-corrected chi connectivity index (χ3v) is 3.33. The van der Waals surface area contributed by atoms with Crippen LogP contribution in [0.25, 0.3) is 0 Å². The van der Waals surface area contributed by atoms with Gasteiger partial charge in [0.05, 0.1) is 4.92 Å². The zero-order valence-corrected chi connectivity index (χ0v) is 9.37. The molecule has 1 aliphatic heterocycles. The highest BCUT2D eigenvalue weighted by atomic mass is 16.6. The quantitative estimate of drug-likeness (QED) is 0.360. The van der Waals surface area contributed by atoms with Crippen molar-refractivity contribution in [2.45, 2.75) is 30.1 Å². The van der Waals surface area contributed by atoms with Gasteiger partial charge in [-0.2, -0.15) is 0 Å². The number of hydrogen-bond donors (Lipinski definition) is 4. The van der Waals surface area contributed by atoms with Gasteiger partial charge in [-0.15, -0.1) is 0 Å². The van der Waals surface area contributed by atoms with Gasteiger partial charge in [0.2, 0.25) is 5.82 Å². The Hall–Kier alpha value is -1.88.